The molecule has 2 aromatic rings. The molecule has 25 heavy (non-hydrogen) atoms. The summed E-state index contributed by atoms with van der Waals surface area (Å²) >= 11 is 2.11. The van der Waals surface area contributed by atoms with Gasteiger partial charge in [-0.25, -0.2) is 4.79 Å². The van der Waals surface area contributed by atoms with Crippen molar-refractivity contribution in [3.8, 4) is 0 Å². The Labute approximate surface area is 158 Å². The lowest BCUT2D eigenvalue weighted by Gasteiger charge is -2.22. The molecule has 0 aromatic heterocycles. The number of nitrogens with one attached hydrogen (secondary N) is 2. The lowest BCUT2D eigenvalue weighted by Crippen LogP contribution is -2.42. The van der Waals surface area contributed by atoms with Crippen molar-refractivity contribution < 1.29 is 14.4 Å². The molecular formula is C18H16IN3O3. The first-order chi connectivity index (χ1) is 11.9. The zero-order chi connectivity index (χ0) is 18.0. The molecule has 128 valence electrons. The summed E-state index contributed by atoms with van der Waals surface area (Å²) in [6.45, 7) is 1.30. The highest BCUT2D eigenvalue weighted by molar-refractivity contribution is 14.1. The lowest BCUT2D eigenvalue weighted by atomic mass is 9.92. The van der Waals surface area contributed by atoms with E-state index in [0.717, 1.165) is 8.47 Å². The molecule has 0 aliphatic carbocycles. The van der Waals surface area contributed by atoms with Crippen LogP contribution in [-0.4, -0.2) is 29.3 Å². The molecule has 6 nitrogen and oxygen atoms in total. The maximum atomic E-state index is 12.8. The van der Waals surface area contributed by atoms with E-state index in [4.69, 9.17) is 0 Å². The van der Waals surface area contributed by atoms with Crippen LogP contribution in [-0.2, 0) is 15.1 Å². The van der Waals surface area contributed by atoms with Crippen molar-refractivity contribution in [2.75, 3.05) is 11.9 Å². The Morgan fingerprint density at radius 1 is 1.12 bits per heavy atom. The number of carbonyl (C=O) groups excluding carboxylic acids is 3. The van der Waals surface area contributed by atoms with Gasteiger partial charge in [0.15, 0.2) is 0 Å². The van der Waals surface area contributed by atoms with Crippen molar-refractivity contribution in [2.45, 2.75) is 12.5 Å². The summed E-state index contributed by atoms with van der Waals surface area (Å²) in [7, 11) is 0. The number of benzene rings is 2. The Bertz CT molecular complexity index is 840. The molecule has 0 unspecified atom stereocenters. The van der Waals surface area contributed by atoms with Gasteiger partial charge in [-0.2, -0.15) is 0 Å². The zero-order valence-corrected chi connectivity index (χ0v) is 15.6. The maximum Gasteiger partial charge on any atom is 0.325 e. The summed E-state index contributed by atoms with van der Waals surface area (Å²) in [6, 6.07) is 15.7. The quantitative estimate of drug-likeness (QED) is 0.557. The molecule has 0 radical (unpaired) electrons. The van der Waals surface area contributed by atoms with E-state index in [9.17, 15) is 14.4 Å². The standard InChI is InChI=1S/C18H16IN3O3/c1-18(12-7-3-2-4-8-12)16(24)22(17(25)21-18)11-15(23)20-14-10-6-5-9-13(14)19/h2-10H,11H2,1H3,(H,20,23)(H,21,25)/t18-/m1/s1. The van der Waals surface area contributed by atoms with Crippen LogP contribution in [0, 0.1) is 3.57 Å². The number of halogens is 1. The number of para-hydroxylation sites is 1. The van der Waals surface area contributed by atoms with Crippen molar-refractivity contribution in [1.29, 1.82) is 0 Å². The van der Waals surface area contributed by atoms with Crippen molar-refractivity contribution in [2.24, 2.45) is 0 Å². The third-order valence-electron chi connectivity index (χ3n) is 4.08. The third kappa shape index (κ3) is 3.37. The largest absolute Gasteiger partial charge is 0.325 e. The second-order valence-electron chi connectivity index (χ2n) is 5.84. The van der Waals surface area contributed by atoms with Crippen molar-refractivity contribution in [3.63, 3.8) is 0 Å². The molecule has 7 heteroatoms. The van der Waals surface area contributed by atoms with Crippen LogP contribution in [0.15, 0.2) is 54.6 Å². The van der Waals surface area contributed by atoms with E-state index in [0.29, 0.717) is 11.3 Å². The van der Waals surface area contributed by atoms with Gasteiger partial charge in [0.05, 0.1) is 5.69 Å². The molecule has 1 aliphatic rings. The van der Waals surface area contributed by atoms with Gasteiger partial charge in [0.1, 0.15) is 12.1 Å². The molecule has 1 saturated heterocycles. The summed E-state index contributed by atoms with van der Waals surface area (Å²) in [5.74, 6) is -0.869. The van der Waals surface area contributed by atoms with Crippen LogP contribution in [0.25, 0.3) is 0 Å². The SMILES string of the molecule is C[C@]1(c2ccccc2)NC(=O)N(CC(=O)Nc2ccccc2I)C1=O. The molecule has 1 heterocycles. The Morgan fingerprint density at radius 3 is 2.44 bits per heavy atom. The number of hydrogen-bond acceptors (Lipinski definition) is 3. The van der Waals surface area contributed by atoms with Crippen molar-refractivity contribution in [1.82, 2.24) is 10.2 Å². The van der Waals surface area contributed by atoms with E-state index in [1.807, 2.05) is 18.2 Å². The van der Waals surface area contributed by atoms with E-state index in [2.05, 4.69) is 33.2 Å². The summed E-state index contributed by atoms with van der Waals surface area (Å²) in [6.07, 6.45) is 0. The topological polar surface area (TPSA) is 78.5 Å². The molecular weight excluding hydrogens is 433 g/mol. The molecule has 1 atom stereocenters. The molecule has 2 N–H and O–H groups in total. The van der Waals surface area contributed by atoms with Gasteiger partial charge in [0.2, 0.25) is 5.91 Å². The first-order valence-corrected chi connectivity index (χ1v) is 8.74. The maximum absolute atomic E-state index is 12.8. The summed E-state index contributed by atoms with van der Waals surface area (Å²) in [5, 5.41) is 5.41. The number of imide groups is 1. The molecule has 2 aromatic carbocycles. The van der Waals surface area contributed by atoms with Crippen LogP contribution in [0.2, 0.25) is 0 Å². The number of hydrogen-bond donors (Lipinski definition) is 2. The van der Waals surface area contributed by atoms with E-state index < -0.39 is 23.4 Å². The van der Waals surface area contributed by atoms with Gasteiger partial charge in [0, 0.05) is 3.57 Å². The van der Waals surface area contributed by atoms with Crippen molar-refractivity contribution >= 4 is 46.1 Å². The summed E-state index contributed by atoms with van der Waals surface area (Å²) in [5.41, 5.74) is 0.152. The Kier molecular flexibility index (Phi) is 4.76. The predicted octanol–water partition coefficient (Wildman–Crippen LogP) is 2.70. The van der Waals surface area contributed by atoms with Gasteiger partial charge in [-0.3, -0.25) is 14.5 Å². The number of urea groups is 1. The van der Waals surface area contributed by atoms with Gasteiger partial charge >= 0.3 is 6.03 Å². The fourth-order valence-electron chi connectivity index (χ4n) is 2.70. The molecule has 1 fully saturated rings. The van der Waals surface area contributed by atoms with Crippen LogP contribution < -0.4 is 10.6 Å². The number of nitrogens with zero attached hydrogens (tertiary/aromatic N) is 1. The van der Waals surface area contributed by atoms with Gasteiger partial charge in [-0.15, -0.1) is 0 Å². The number of rotatable bonds is 4. The van der Waals surface area contributed by atoms with Crippen LogP contribution in [0.5, 0.6) is 0 Å². The zero-order valence-electron chi connectivity index (χ0n) is 13.5. The van der Waals surface area contributed by atoms with E-state index in [1.165, 1.54) is 0 Å². The average molecular weight is 449 g/mol. The Morgan fingerprint density at radius 2 is 1.76 bits per heavy atom. The average Bonchev–Trinajstić information content (AvgIpc) is 2.82. The van der Waals surface area contributed by atoms with Gasteiger partial charge in [-0.1, -0.05) is 42.5 Å². The minimum absolute atomic E-state index is 0.335. The van der Waals surface area contributed by atoms with Crippen LogP contribution in [0.1, 0.15) is 12.5 Å². The van der Waals surface area contributed by atoms with Gasteiger partial charge in [0.25, 0.3) is 5.91 Å². The molecule has 0 bridgehead atoms. The van der Waals surface area contributed by atoms with E-state index >= 15 is 0 Å². The fourth-order valence-corrected chi connectivity index (χ4v) is 3.23. The number of amides is 4. The van der Waals surface area contributed by atoms with Crippen molar-refractivity contribution in [3.05, 3.63) is 63.7 Å². The number of carbonyl (C=O) groups is 3. The highest BCUT2D eigenvalue weighted by Gasteiger charge is 2.49. The smallest absolute Gasteiger partial charge is 0.324 e. The number of anilines is 1. The highest BCUT2D eigenvalue weighted by atomic mass is 127. The first-order valence-electron chi connectivity index (χ1n) is 7.66. The van der Waals surface area contributed by atoms with Gasteiger partial charge < -0.3 is 10.6 Å². The van der Waals surface area contributed by atoms with Gasteiger partial charge in [-0.05, 0) is 47.2 Å². The van der Waals surface area contributed by atoms with E-state index in [1.54, 1.807) is 43.3 Å². The highest BCUT2D eigenvalue weighted by Crippen LogP contribution is 2.28. The first kappa shape index (κ1) is 17.4. The minimum Gasteiger partial charge on any atom is -0.324 e. The molecule has 4 amide bonds. The predicted molar refractivity (Wildman–Crippen MR) is 102 cm³/mol. The molecule has 0 saturated carbocycles. The summed E-state index contributed by atoms with van der Waals surface area (Å²) < 4.78 is 0.875. The second-order valence-corrected chi connectivity index (χ2v) is 7.00. The normalized spacial score (nSPS) is 19.7. The summed E-state index contributed by atoms with van der Waals surface area (Å²) in [4.78, 5) is 38.2. The minimum atomic E-state index is -1.17. The fraction of sp³-hybridized carbons (Fsp3) is 0.167. The van der Waals surface area contributed by atoms with Crippen LogP contribution in [0.3, 0.4) is 0 Å². The monoisotopic (exact) mass is 449 g/mol. The molecule has 3 rings (SSSR count). The third-order valence-corrected chi connectivity index (χ3v) is 5.02. The molecule has 0 spiro atoms. The van der Waals surface area contributed by atoms with Crippen LogP contribution >= 0.6 is 22.6 Å². The molecule has 1 aliphatic heterocycles. The second kappa shape index (κ2) is 6.83. The Balaban J connectivity index is 1.75. The lowest BCUT2D eigenvalue weighted by molar-refractivity contribution is -0.133. The van der Waals surface area contributed by atoms with E-state index in [-0.39, 0.29) is 6.54 Å². The van der Waals surface area contributed by atoms with Crippen LogP contribution in [0.4, 0.5) is 10.5 Å². The Hall–Kier alpha value is -2.42.